The molecule has 12 heteroatoms. The lowest BCUT2D eigenvalue weighted by atomic mass is 10.0. The molecule has 1 aliphatic rings. The van der Waals surface area contributed by atoms with Crippen LogP contribution in [0.25, 0.3) is 22.3 Å². The van der Waals surface area contributed by atoms with Crippen LogP contribution in [0.3, 0.4) is 0 Å². The number of aliphatic hydroxyl groups is 1. The Labute approximate surface area is 197 Å². The number of halogens is 1. The molecule has 3 heterocycles. The Hall–Kier alpha value is -3.14. The van der Waals surface area contributed by atoms with Gasteiger partial charge in [-0.15, -0.1) is 0 Å². The van der Waals surface area contributed by atoms with E-state index in [1.54, 1.807) is 6.07 Å². The molecule has 2 N–H and O–H groups in total. The number of benzene rings is 1. The third kappa shape index (κ3) is 4.46. The lowest BCUT2D eigenvalue weighted by Crippen LogP contribution is -2.51. The van der Waals surface area contributed by atoms with Gasteiger partial charge in [-0.3, -0.25) is 0 Å². The number of nitrogens with zero attached hydrogens (tertiary/aromatic N) is 6. The van der Waals surface area contributed by atoms with E-state index in [9.17, 15) is 23.2 Å². The van der Waals surface area contributed by atoms with Crippen molar-refractivity contribution >= 4 is 27.0 Å². The molecule has 2 aromatic heterocycles. The molecule has 0 aliphatic carbocycles. The molecular weight excluding hydrogens is 461 g/mol. The van der Waals surface area contributed by atoms with E-state index in [1.165, 1.54) is 16.6 Å². The summed E-state index contributed by atoms with van der Waals surface area (Å²) < 4.78 is 41.6. The van der Waals surface area contributed by atoms with Crippen molar-refractivity contribution in [2.24, 2.45) is 0 Å². The maximum atomic E-state index is 15.0. The van der Waals surface area contributed by atoms with Crippen molar-refractivity contribution in [2.45, 2.75) is 45.4 Å². The highest BCUT2D eigenvalue weighted by atomic mass is 32.2. The first-order valence-electron chi connectivity index (χ1n) is 10.8. The van der Waals surface area contributed by atoms with Crippen LogP contribution in [0.1, 0.15) is 37.7 Å². The Morgan fingerprint density at radius 3 is 2.68 bits per heavy atom. The average Bonchev–Trinajstić information content (AvgIpc) is 3.11. The van der Waals surface area contributed by atoms with E-state index >= 15 is 0 Å². The third-order valence-electron chi connectivity index (χ3n) is 5.95. The molecule has 0 saturated carbocycles. The Morgan fingerprint density at radius 1 is 1.32 bits per heavy atom. The molecule has 0 spiro atoms. The molecule has 1 aromatic carbocycles. The van der Waals surface area contributed by atoms with Crippen molar-refractivity contribution in [1.29, 1.82) is 5.26 Å². The fraction of sp³-hybridized carbons (Fsp3) is 0.455. The number of anilines is 1. The van der Waals surface area contributed by atoms with Gasteiger partial charge >= 0.3 is 0 Å². The van der Waals surface area contributed by atoms with Crippen LogP contribution in [0.15, 0.2) is 18.3 Å². The second-order valence-electron chi connectivity index (χ2n) is 8.74. The molecule has 10 nitrogen and oxygen atoms in total. The normalized spacial score (nSPS) is 19.5. The SMILES string of the molecule is Cc1nc2c(F)cc(-c3nc(N[C@@H]4CCN(S(C)(=O)=O)C[C@H]4O)ncc3C#N)cc2n1C(C)C. The molecule has 1 fully saturated rings. The topological polar surface area (TPSA) is 137 Å². The van der Waals surface area contributed by atoms with Crippen LogP contribution in [0.5, 0.6) is 0 Å². The van der Waals surface area contributed by atoms with Gasteiger partial charge in [0.15, 0.2) is 5.82 Å². The van der Waals surface area contributed by atoms with Crippen LogP contribution >= 0.6 is 0 Å². The second-order valence-corrected chi connectivity index (χ2v) is 10.7. The standard InChI is InChI=1S/C22H26FN7O3S/c1-12(2)30-13(3)26-21-16(23)7-14(8-18(21)30)20-15(9-24)10-25-22(28-20)27-17-5-6-29(11-19(17)31)34(4,32)33/h7-8,10,12,17,19,31H,5-6,11H2,1-4H3,(H,25,27,28)/t17-,19-/m1/s1. The quantitative estimate of drug-likeness (QED) is 0.559. The molecular formula is C22H26FN7O3S. The zero-order chi connectivity index (χ0) is 24.8. The molecule has 4 rings (SSSR count). The number of aryl methyl sites for hydroxylation is 1. The van der Waals surface area contributed by atoms with Crippen LogP contribution in [0.4, 0.5) is 10.3 Å². The van der Waals surface area contributed by atoms with Crippen molar-refractivity contribution in [1.82, 2.24) is 23.8 Å². The number of rotatable bonds is 5. The maximum Gasteiger partial charge on any atom is 0.223 e. The van der Waals surface area contributed by atoms with E-state index in [-0.39, 0.29) is 41.9 Å². The average molecular weight is 488 g/mol. The smallest absolute Gasteiger partial charge is 0.223 e. The highest BCUT2D eigenvalue weighted by Gasteiger charge is 2.32. The summed E-state index contributed by atoms with van der Waals surface area (Å²) in [7, 11) is -3.40. The van der Waals surface area contributed by atoms with E-state index < -0.39 is 28.0 Å². The van der Waals surface area contributed by atoms with E-state index in [0.29, 0.717) is 23.3 Å². The monoisotopic (exact) mass is 487 g/mol. The molecule has 1 saturated heterocycles. The van der Waals surface area contributed by atoms with Crippen molar-refractivity contribution in [3.8, 4) is 17.3 Å². The number of piperidine rings is 1. The first kappa shape index (κ1) is 24.0. The van der Waals surface area contributed by atoms with Gasteiger partial charge in [-0.25, -0.2) is 27.8 Å². The maximum absolute atomic E-state index is 15.0. The summed E-state index contributed by atoms with van der Waals surface area (Å²) in [6.07, 6.45) is 1.82. The predicted octanol–water partition coefficient (Wildman–Crippen LogP) is 2.20. The zero-order valence-corrected chi connectivity index (χ0v) is 20.1. The Kier molecular flexibility index (Phi) is 6.28. The third-order valence-corrected chi connectivity index (χ3v) is 7.22. The van der Waals surface area contributed by atoms with Crippen molar-refractivity contribution < 1.29 is 17.9 Å². The first-order valence-corrected chi connectivity index (χ1v) is 12.7. The zero-order valence-electron chi connectivity index (χ0n) is 19.3. The van der Waals surface area contributed by atoms with E-state index in [1.807, 2.05) is 31.4 Å². The number of nitriles is 1. The number of nitrogens with one attached hydrogen (secondary N) is 1. The summed E-state index contributed by atoms with van der Waals surface area (Å²) in [6, 6.07) is 4.67. The molecule has 0 radical (unpaired) electrons. The number of hydrogen-bond donors (Lipinski definition) is 2. The van der Waals surface area contributed by atoms with Crippen molar-refractivity contribution in [3.63, 3.8) is 0 Å². The Bertz CT molecular complexity index is 1400. The summed E-state index contributed by atoms with van der Waals surface area (Å²) in [6.45, 7) is 5.98. The minimum atomic E-state index is -3.40. The van der Waals surface area contributed by atoms with Crippen LogP contribution in [-0.2, 0) is 10.0 Å². The van der Waals surface area contributed by atoms with E-state index in [0.717, 1.165) is 6.26 Å². The molecule has 1 aliphatic heterocycles. The number of aliphatic hydroxyl groups excluding tert-OH is 1. The number of imidazole rings is 1. The van der Waals surface area contributed by atoms with Gasteiger partial charge in [-0.1, -0.05) is 0 Å². The second kappa shape index (κ2) is 8.90. The van der Waals surface area contributed by atoms with Crippen LogP contribution in [0.2, 0.25) is 0 Å². The molecule has 0 bridgehead atoms. The van der Waals surface area contributed by atoms with Gasteiger partial charge in [-0.05, 0) is 39.3 Å². The minimum Gasteiger partial charge on any atom is -0.390 e. The summed E-state index contributed by atoms with van der Waals surface area (Å²) in [5, 5.41) is 23.1. The van der Waals surface area contributed by atoms with Crippen molar-refractivity contribution in [3.05, 3.63) is 35.5 Å². The van der Waals surface area contributed by atoms with Gasteiger partial charge < -0.3 is 15.0 Å². The number of fused-ring (bicyclic) bond motifs is 1. The minimum absolute atomic E-state index is 0.0416. The number of aromatic nitrogens is 4. The van der Waals surface area contributed by atoms with Gasteiger partial charge in [0.05, 0.1) is 41.4 Å². The van der Waals surface area contributed by atoms with Crippen molar-refractivity contribution in [2.75, 3.05) is 24.7 Å². The molecule has 0 amide bonds. The van der Waals surface area contributed by atoms with Gasteiger partial charge in [0, 0.05) is 24.7 Å². The van der Waals surface area contributed by atoms with Gasteiger partial charge in [0.1, 0.15) is 17.4 Å². The lowest BCUT2D eigenvalue weighted by Gasteiger charge is -2.34. The summed E-state index contributed by atoms with van der Waals surface area (Å²) in [5.41, 5.74) is 1.67. The highest BCUT2D eigenvalue weighted by Crippen LogP contribution is 2.30. The Morgan fingerprint density at radius 2 is 2.06 bits per heavy atom. The van der Waals surface area contributed by atoms with Gasteiger partial charge in [0.25, 0.3) is 0 Å². The highest BCUT2D eigenvalue weighted by molar-refractivity contribution is 7.88. The number of hydrogen-bond acceptors (Lipinski definition) is 8. The first-order chi connectivity index (χ1) is 16.0. The molecule has 34 heavy (non-hydrogen) atoms. The van der Waals surface area contributed by atoms with E-state index in [2.05, 4.69) is 20.3 Å². The Balaban J connectivity index is 1.70. The summed E-state index contributed by atoms with van der Waals surface area (Å²) in [5.74, 6) is 0.316. The summed E-state index contributed by atoms with van der Waals surface area (Å²) in [4.78, 5) is 13.0. The molecule has 2 atom stereocenters. The van der Waals surface area contributed by atoms with Crippen LogP contribution < -0.4 is 5.32 Å². The fourth-order valence-electron chi connectivity index (χ4n) is 4.35. The van der Waals surface area contributed by atoms with Gasteiger partial charge in [0.2, 0.25) is 16.0 Å². The fourth-order valence-corrected chi connectivity index (χ4v) is 5.21. The largest absolute Gasteiger partial charge is 0.390 e. The van der Waals surface area contributed by atoms with Crippen LogP contribution in [-0.4, -0.2) is 68.8 Å². The summed E-state index contributed by atoms with van der Waals surface area (Å²) >= 11 is 0. The molecule has 0 unspecified atom stereocenters. The molecule has 180 valence electrons. The predicted molar refractivity (Wildman–Crippen MR) is 125 cm³/mol. The van der Waals surface area contributed by atoms with Crippen LogP contribution in [0, 0.1) is 24.1 Å². The lowest BCUT2D eigenvalue weighted by molar-refractivity contribution is 0.0950. The number of sulfonamides is 1. The number of β-amino-alcohol motifs (C(OH)–C–C–N with tert-alkyl or cyclic N) is 1. The molecule has 3 aromatic rings. The van der Waals surface area contributed by atoms with E-state index in [4.69, 9.17) is 0 Å². The van der Waals surface area contributed by atoms with Gasteiger partial charge in [-0.2, -0.15) is 9.57 Å².